The maximum atomic E-state index is 11.7. The number of carbonyl (C=O) groups is 2. The fourth-order valence-electron chi connectivity index (χ4n) is 1.84. The van der Waals surface area contributed by atoms with E-state index in [1.807, 2.05) is 30.3 Å². The van der Waals surface area contributed by atoms with E-state index in [1.165, 1.54) is 20.3 Å². The van der Waals surface area contributed by atoms with E-state index in [0.29, 0.717) is 17.5 Å². The van der Waals surface area contributed by atoms with Gasteiger partial charge in [0.05, 0.1) is 19.9 Å². The van der Waals surface area contributed by atoms with Crippen molar-refractivity contribution in [2.75, 3.05) is 14.2 Å². The van der Waals surface area contributed by atoms with Crippen LogP contribution in [-0.2, 0) is 4.74 Å². The Morgan fingerprint density at radius 3 is 2.45 bits per heavy atom. The molecule has 0 unspecified atom stereocenters. The number of hydrogen-bond donors (Lipinski definition) is 0. The van der Waals surface area contributed by atoms with Gasteiger partial charge in [0.15, 0.2) is 6.29 Å². The lowest BCUT2D eigenvalue weighted by atomic mass is 10.0. The molecule has 0 fully saturated rings. The highest BCUT2D eigenvalue weighted by Gasteiger charge is 2.19. The summed E-state index contributed by atoms with van der Waals surface area (Å²) in [5.74, 6) is -0.474. The summed E-state index contributed by atoms with van der Waals surface area (Å²) in [6, 6.07) is 10.6. The van der Waals surface area contributed by atoms with Crippen molar-refractivity contribution in [3.63, 3.8) is 0 Å². The summed E-state index contributed by atoms with van der Waals surface area (Å²) in [7, 11) is 2.66. The highest BCUT2D eigenvalue weighted by atomic mass is 16.5. The summed E-state index contributed by atoms with van der Waals surface area (Å²) in [4.78, 5) is 27.1. The molecule has 0 aliphatic rings. The van der Waals surface area contributed by atoms with Gasteiger partial charge in [-0.1, -0.05) is 30.3 Å². The number of methoxy groups -OCH3 is 2. The van der Waals surface area contributed by atoms with Crippen LogP contribution in [0.1, 0.15) is 20.7 Å². The van der Waals surface area contributed by atoms with E-state index in [2.05, 4.69) is 9.72 Å². The summed E-state index contributed by atoms with van der Waals surface area (Å²) in [5, 5.41) is 0. The first-order valence-electron chi connectivity index (χ1n) is 5.89. The first kappa shape index (κ1) is 13.7. The predicted molar refractivity (Wildman–Crippen MR) is 73.0 cm³/mol. The van der Waals surface area contributed by atoms with Crippen LogP contribution in [0.5, 0.6) is 5.88 Å². The van der Waals surface area contributed by atoms with Crippen molar-refractivity contribution in [3.05, 3.63) is 47.5 Å². The Bertz CT molecular complexity index is 638. The minimum absolute atomic E-state index is 0.122. The fourth-order valence-corrected chi connectivity index (χ4v) is 1.84. The number of esters is 1. The molecule has 0 amide bonds. The van der Waals surface area contributed by atoms with Crippen LogP contribution in [0.4, 0.5) is 0 Å². The van der Waals surface area contributed by atoms with Crippen LogP contribution >= 0.6 is 0 Å². The average Bonchev–Trinajstić information content (AvgIpc) is 2.53. The lowest BCUT2D eigenvalue weighted by Gasteiger charge is -2.10. The van der Waals surface area contributed by atoms with E-state index in [9.17, 15) is 9.59 Å². The number of aromatic nitrogens is 1. The van der Waals surface area contributed by atoms with Gasteiger partial charge in [0.1, 0.15) is 5.56 Å². The molecule has 2 rings (SSSR count). The second-order valence-electron chi connectivity index (χ2n) is 3.96. The van der Waals surface area contributed by atoms with Gasteiger partial charge in [-0.25, -0.2) is 9.78 Å². The Labute approximate surface area is 116 Å². The van der Waals surface area contributed by atoms with Gasteiger partial charge in [-0.3, -0.25) is 4.79 Å². The zero-order chi connectivity index (χ0) is 14.5. The predicted octanol–water partition coefficient (Wildman–Crippen LogP) is 2.36. The Balaban J connectivity index is 2.65. The molecular weight excluding hydrogens is 258 g/mol. The topological polar surface area (TPSA) is 65.5 Å². The number of carbonyl (C=O) groups excluding carboxylic acids is 2. The third-order valence-corrected chi connectivity index (χ3v) is 2.79. The number of ether oxygens (including phenoxy) is 2. The smallest absolute Gasteiger partial charge is 0.343 e. The monoisotopic (exact) mass is 271 g/mol. The molecule has 0 aliphatic heterocycles. The summed E-state index contributed by atoms with van der Waals surface area (Å²) in [5.41, 5.74) is 1.66. The molecule has 1 aromatic heterocycles. The Hall–Kier alpha value is -2.69. The van der Waals surface area contributed by atoms with Crippen LogP contribution in [0.25, 0.3) is 11.3 Å². The summed E-state index contributed by atoms with van der Waals surface area (Å²) in [6.07, 6.45) is 0.654. The van der Waals surface area contributed by atoms with E-state index >= 15 is 0 Å². The van der Waals surface area contributed by atoms with Crippen LogP contribution in [-0.4, -0.2) is 31.5 Å². The second-order valence-corrected chi connectivity index (χ2v) is 3.96. The summed E-state index contributed by atoms with van der Waals surface area (Å²) >= 11 is 0. The summed E-state index contributed by atoms with van der Waals surface area (Å²) < 4.78 is 9.75. The number of rotatable bonds is 4. The zero-order valence-electron chi connectivity index (χ0n) is 11.1. The molecule has 20 heavy (non-hydrogen) atoms. The van der Waals surface area contributed by atoms with Gasteiger partial charge in [0.25, 0.3) is 0 Å². The van der Waals surface area contributed by atoms with Crippen molar-refractivity contribution in [1.82, 2.24) is 4.98 Å². The molecule has 0 spiro atoms. The van der Waals surface area contributed by atoms with E-state index in [4.69, 9.17) is 4.74 Å². The molecule has 1 aromatic carbocycles. The van der Waals surface area contributed by atoms with Gasteiger partial charge < -0.3 is 9.47 Å². The van der Waals surface area contributed by atoms with Crippen molar-refractivity contribution in [2.45, 2.75) is 0 Å². The van der Waals surface area contributed by atoms with Gasteiger partial charge in [-0.15, -0.1) is 0 Å². The van der Waals surface area contributed by atoms with Crippen molar-refractivity contribution in [1.29, 1.82) is 0 Å². The van der Waals surface area contributed by atoms with Gasteiger partial charge in [0, 0.05) is 11.1 Å². The Morgan fingerprint density at radius 1 is 1.20 bits per heavy atom. The minimum atomic E-state index is -0.600. The molecule has 0 aliphatic carbocycles. The normalized spacial score (nSPS) is 9.90. The van der Waals surface area contributed by atoms with E-state index in [1.54, 1.807) is 0 Å². The number of aldehydes is 1. The number of nitrogens with zero attached hydrogens (tertiary/aromatic N) is 1. The molecule has 5 nitrogen and oxygen atoms in total. The molecule has 5 heteroatoms. The fraction of sp³-hybridized carbons (Fsp3) is 0.133. The molecule has 1 heterocycles. The van der Waals surface area contributed by atoms with E-state index in [-0.39, 0.29) is 11.4 Å². The van der Waals surface area contributed by atoms with Gasteiger partial charge >= 0.3 is 5.97 Å². The molecule has 0 atom stereocenters. The lowest BCUT2D eigenvalue weighted by molar-refractivity contribution is 0.0596. The molecule has 0 N–H and O–H groups in total. The maximum Gasteiger partial charge on any atom is 0.343 e. The third-order valence-electron chi connectivity index (χ3n) is 2.79. The first-order valence-corrected chi connectivity index (χ1v) is 5.89. The largest absolute Gasteiger partial charge is 0.480 e. The number of pyridine rings is 1. The Kier molecular flexibility index (Phi) is 4.10. The average molecular weight is 271 g/mol. The Morgan fingerprint density at radius 2 is 1.90 bits per heavy atom. The molecule has 0 saturated carbocycles. The molecular formula is C15H13NO4. The standard InChI is InChI=1S/C15H13NO4/c1-19-14-12(15(18)20-2)8-11(9-17)13(16-14)10-6-4-3-5-7-10/h3-9H,1-2H3. The lowest BCUT2D eigenvalue weighted by Crippen LogP contribution is -2.08. The molecule has 2 aromatic rings. The van der Waals surface area contributed by atoms with Gasteiger partial charge in [0.2, 0.25) is 5.88 Å². The quantitative estimate of drug-likeness (QED) is 0.631. The SMILES string of the molecule is COC(=O)c1cc(C=O)c(-c2ccccc2)nc1OC. The van der Waals surface area contributed by atoms with Crippen LogP contribution in [0.2, 0.25) is 0 Å². The molecule has 0 saturated heterocycles. The molecule has 0 radical (unpaired) electrons. The van der Waals surface area contributed by atoms with Gasteiger partial charge in [-0.2, -0.15) is 0 Å². The minimum Gasteiger partial charge on any atom is -0.480 e. The summed E-state index contributed by atoms with van der Waals surface area (Å²) in [6.45, 7) is 0. The van der Waals surface area contributed by atoms with Crippen molar-refractivity contribution in [2.24, 2.45) is 0 Å². The molecule has 0 bridgehead atoms. The molecule has 102 valence electrons. The van der Waals surface area contributed by atoms with Crippen LogP contribution in [0, 0.1) is 0 Å². The van der Waals surface area contributed by atoms with Crippen molar-refractivity contribution < 1.29 is 19.1 Å². The third kappa shape index (κ3) is 2.51. The highest BCUT2D eigenvalue weighted by Crippen LogP contribution is 2.27. The van der Waals surface area contributed by atoms with Crippen LogP contribution < -0.4 is 4.74 Å². The van der Waals surface area contributed by atoms with Crippen LogP contribution in [0.3, 0.4) is 0 Å². The maximum absolute atomic E-state index is 11.7. The van der Waals surface area contributed by atoms with Gasteiger partial charge in [-0.05, 0) is 6.07 Å². The number of hydrogen-bond acceptors (Lipinski definition) is 5. The van der Waals surface area contributed by atoms with Crippen LogP contribution in [0.15, 0.2) is 36.4 Å². The second kappa shape index (κ2) is 5.97. The first-order chi connectivity index (χ1) is 9.71. The number of benzene rings is 1. The van der Waals surface area contributed by atoms with E-state index < -0.39 is 5.97 Å². The van der Waals surface area contributed by atoms with Crippen molar-refractivity contribution in [3.8, 4) is 17.1 Å². The van der Waals surface area contributed by atoms with E-state index in [0.717, 1.165) is 5.56 Å². The van der Waals surface area contributed by atoms with Crippen molar-refractivity contribution >= 4 is 12.3 Å². The zero-order valence-corrected chi connectivity index (χ0v) is 11.1. The highest BCUT2D eigenvalue weighted by molar-refractivity contribution is 5.96.